The van der Waals surface area contributed by atoms with E-state index < -0.39 is 0 Å². The summed E-state index contributed by atoms with van der Waals surface area (Å²) in [6.45, 7) is 0.990. The van der Waals surface area contributed by atoms with Crippen molar-refractivity contribution in [3.8, 4) is 0 Å². The maximum absolute atomic E-state index is 5.73. The molecule has 1 aromatic heterocycles. The van der Waals surface area contributed by atoms with Crippen LogP contribution in [0.5, 0.6) is 0 Å². The molecule has 0 radical (unpaired) electrons. The van der Waals surface area contributed by atoms with E-state index in [0.29, 0.717) is 10.6 Å². The Hall–Kier alpha value is -0.900. The molecule has 1 fully saturated rings. The smallest absolute Gasteiger partial charge is 0.146 e. The number of anilines is 2. The van der Waals surface area contributed by atoms with Gasteiger partial charge in [0.05, 0.1) is 5.69 Å². The molecule has 3 nitrogen and oxygen atoms in total. The Morgan fingerprint density at radius 3 is 3.00 bits per heavy atom. The van der Waals surface area contributed by atoms with Crippen LogP contribution in [0, 0.1) is 0 Å². The van der Waals surface area contributed by atoms with Crippen LogP contribution >= 0.6 is 11.8 Å². The minimum atomic E-state index is 0.461. The summed E-state index contributed by atoms with van der Waals surface area (Å²) in [7, 11) is 0. The summed E-state index contributed by atoms with van der Waals surface area (Å²) in [5.74, 6) is 0.587. The van der Waals surface area contributed by atoms with Crippen LogP contribution in [-0.2, 0) is 0 Å². The van der Waals surface area contributed by atoms with Gasteiger partial charge in [-0.3, -0.25) is 0 Å². The molecule has 0 aliphatic heterocycles. The van der Waals surface area contributed by atoms with Gasteiger partial charge in [-0.1, -0.05) is 0 Å². The SMILES string of the molecule is CSC1(CNc2cccnc2N)CC1. The summed E-state index contributed by atoms with van der Waals surface area (Å²) in [6, 6.07) is 3.87. The quantitative estimate of drug-likeness (QED) is 0.796. The molecule has 0 bridgehead atoms. The van der Waals surface area contributed by atoms with E-state index in [9.17, 15) is 0 Å². The predicted octanol–water partition coefficient (Wildman–Crippen LogP) is 1.97. The number of nitrogens with one attached hydrogen (secondary N) is 1. The molecule has 0 atom stereocenters. The van der Waals surface area contributed by atoms with Crippen LogP contribution in [-0.4, -0.2) is 22.5 Å². The van der Waals surface area contributed by atoms with Gasteiger partial charge in [0.2, 0.25) is 0 Å². The second-order valence-corrected chi connectivity index (χ2v) is 4.95. The van der Waals surface area contributed by atoms with E-state index in [0.717, 1.165) is 12.2 Å². The third-order valence-electron chi connectivity index (χ3n) is 2.68. The van der Waals surface area contributed by atoms with Crippen LogP contribution in [0.1, 0.15) is 12.8 Å². The first-order valence-electron chi connectivity index (χ1n) is 4.75. The van der Waals surface area contributed by atoms with Gasteiger partial charge in [0.1, 0.15) is 5.82 Å². The van der Waals surface area contributed by atoms with Gasteiger partial charge in [0.15, 0.2) is 0 Å². The first kappa shape index (κ1) is 9.65. The molecule has 14 heavy (non-hydrogen) atoms. The minimum Gasteiger partial charge on any atom is -0.382 e. The highest BCUT2D eigenvalue weighted by Crippen LogP contribution is 2.47. The van der Waals surface area contributed by atoms with Crippen molar-refractivity contribution in [1.29, 1.82) is 0 Å². The zero-order valence-corrected chi connectivity index (χ0v) is 9.10. The molecule has 76 valence electrons. The number of hydrogen-bond acceptors (Lipinski definition) is 4. The zero-order chi connectivity index (χ0) is 10.0. The lowest BCUT2D eigenvalue weighted by molar-refractivity contribution is 0.948. The molecule has 1 saturated carbocycles. The van der Waals surface area contributed by atoms with E-state index in [2.05, 4.69) is 16.6 Å². The number of thioether (sulfide) groups is 1. The lowest BCUT2D eigenvalue weighted by atomic mass is 10.3. The van der Waals surface area contributed by atoms with Crippen molar-refractivity contribution in [2.75, 3.05) is 23.9 Å². The van der Waals surface area contributed by atoms with E-state index in [1.54, 1.807) is 6.20 Å². The van der Waals surface area contributed by atoms with Crippen molar-refractivity contribution in [3.63, 3.8) is 0 Å². The predicted molar refractivity (Wildman–Crippen MR) is 62.6 cm³/mol. The maximum atomic E-state index is 5.73. The van der Waals surface area contributed by atoms with Crippen molar-refractivity contribution in [1.82, 2.24) is 4.98 Å². The van der Waals surface area contributed by atoms with Crippen molar-refractivity contribution in [2.24, 2.45) is 0 Å². The maximum Gasteiger partial charge on any atom is 0.146 e. The Bertz CT molecular complexity index is 323. The van der Waals surface area contributed by atoms with Crippen LogP contribution in [0.3, 0.4) is 0 Å². The van der Waals surface area contributed by atoms with Gasteiger partial charge in [-0.25, -0.2) is 4.98 Å². The largest absolute Gasteiger partial charge is 0.382 e. The monoisotopic (exact) mass is 209 g/mol. The molecule has 4 heteroatoms. The van der Waals surface area contributed by atoms with Crippen LogP contribution < -0.4 is 11.1 Å². The van der Waals surface area contributed by atoms with Crippen LogP contribution in [0.15, 0.2) is 18.3 Å². The minimum absolute atomic E-state index is 0.461. The summed E-state index contributed by atoms with van der Waals surface area (Å²) in [5, 5.41) is 3.36. The van der Waals surface area contributed by atoms with E-state index in [4.69, 9.17) is 5.73 Å². The highest BCUT2D eigenvalue weighted by molar-refractivity contribution is 8.00. The van der Waals surface area contributed by atoms with Gasteiger partial charge in [0, 0.05) is 17.5 Å². The van der Waals surface area contributed by atoms with Crippen molar-refractivity contribution < 1.29 is 0 Å². The van der Waals surface area contributed by atoms with Crippen molar-refractivity contribution in [2.45, 2.75) is 17.6 Å². The Labute approximate surface area is 88.5 Å². The Balaban J connectivity index is 1.95. The zero-order valence-electron chi connectivity index (χ0n) is 8.29. The summed E-state index contributed by atoms with van der Waals surface area (Å²) in [5.41, 5.74) is 6.68. The Morgan fingerprint density at radius 1 is 1.64 bits per heavy atom. The fourth-order valence-corrected chi connectivity index (χ4v) is 2.14. The highest BCUT2D eigenvalue weighted by atomic mass is 32.2. The normalized spacial score (nSPS) is 17.8. The summed E-state index contributed by atoms with van der Waals surface area (Å²) < 4.78 is 0.461. The molecule has 0 unspecified atom stereocenters. The number of rotatable bonds is 4. The number of hydrogen-bond donors (Lipinski definition) is 2. The van der Waals surface area contributed by atoms with Crippen molar-refractivity contribution >= 4 is 23.3 Å². The van der Waals surface area contributed by atoms with E-state index in [-0.39, 0.29) is 0 Å². The fourth-order valence-electron chi connectivity index (χ4n) is 1.42. The van der Waals surface area contributed by atoms with E-state index in [1.807, 2.05) is 23.9 Å². The van der Waals surface area contributed by atoms with Gasteiger partial charge < -0.3 is 11.1 Å². The number of pyridine rings is 1. The van der Waals surface area contributed by atoms with Gasteiger partial charge in [-0.05, 0) is 31.2 Å². The average molecular weight is 209 g/mol. The van der Waals surface area contributed by atoms with Crippen LogP contribution in [0.2, 0.25) is 0 Å². The van der Waals surface area contributed by atoms with E-state index >= 15 is 0 Å². The molecule has 1 heterocycles. The van der Waals surface area contributed by atoms with Crippen molar-refractivity contribution in [3.05, 3.63) is 18.3 Å². The molecular formula is C10H15N3S. The molecule has 1 aromatic rings. The van der Waals surface area contributed by atoms with E-state index in [1.165, 1.54) is 12.8 Å². The number of nitrogens with zero attached hydrogens (tertiary/aromatic N) is 1. The summed E-state index contributed by atoms with van der Waals surface area (Å²) >= 11 is 1.94. The number of aromatic nitrogens is 1. The molecule has 1 aliphatic carbocycles. The third-order valence-corrected chi connectivity index (χ3v) is 4.10. The molecule has 1 aliphatic rings. The lowest BCUT2D eigenvalue weighted by Crippen LogP contribution is -2.18. The topological polar surface area (TPSA) is 50.9 Å². The summed E-state index contributed by atoms with van der Waals surface area (Å²) in [4.78, 5) is 4.03. The lowest BCUT2D eigenvalue weighted by Gasteiger charge is -2.14. The number of nitrogen functional groups attached to an aromatic ring is 1. The standard InChI is InChI=1S/C10H15N3S/c1-14-10(4-5-10)7-13-8-3-2-6-12-9(8)11/h2-3,6,13H,4-5,7H2,1H3,(H2,11,12). The third kappa shape index (κ3) is 1.95. The molecule has 0 aromatic carbocycles. The number of nitrogens with two attached hydrogens (primary N) is 1. The first-order chi connectivity index (χ1) is 6.76. The molecule has 0 saturated heterocycles. The van der Waals surface area contributed by atoms with Gasteiger partial charge >= 0.3 is 0 Å². The molecule has 0 amide bonds. The summed E-state index contributed by atoms with van der Waals surface area (Å²) in [6.07, 6.45) is 6.49. The Morgan fingerprint density at radius 2 is 2.43 bits per heavy atom. The fraction of sp³-hybridized carbons (Fsp3) is 0.500. The van der Waals surface area contributed by atoms with Gasteiger partial charge in [0.25, 0.3) is 0 Å². The highest BCUT2D eigenvalue weighted by Gasteiger charge is 2.41. The molecule has 3 N–H and O–H groups in total. The second-order valence-electron chi connectivity index (χ2n) is 3.68. The first-order valence-corrected chi connectivity index (χ1v) is 5.98. The molecular weight excluding hydrogens is 194 g/mol. The van der Waals surface area contributed by atoms with Gasteiger partial charge in [-0.15, -0.1) is 0 Å². The average Bonchev–Trinajstić information content (AvgIpc) is 2.98. The Kier molecular flexibility index (Phi) is 2.54. The van der Waals surface area contributed by atoms with Crippen LogP contribution in [0.4, 0.5) is 11.5 Å². The van der Waals surface area contributed by atoms with Crippen LogP contribution in [0.25, 0.3) is 0 Å². The van der Waals surface area contributed by atoms with Gasteiger partial charge in [-0.2, -0.15) is 11.8 Å². The second kappa shape index (κ2) is 3.69. The molecule has 0 spiro atoms. The molecule has 2 rings (SSSR count).